The molecule has 0 aliphatic carbocycles. The van der Waals surface area contributed by atoms with Crippen LogP contribution >= 0.6 is 11.6 Å². The van der Waals surface area contributed by atoms with Crippen molar-refractivity contribution in [1.29, 1.82) is 0 Å². The second-order valence-corrected chi connectivity index (χ2v) is 4.50. The van der Waals surface area contributed by atoms with E-state index in [1.54, 1.807) is 12.1 Å². The Kier molecular flexibility index (Phi) is 4.97. The zero-order chi connectivity index (χ0) is 12.9. The van der Waals surface area contributed by atoms with Crippen molar-refractivity contribution in [2.45, 2.75) is 38.8 Å². The van der Waals surface area contributed by atoms with E-state index in [2.05, 4.69) is 0 Å². The molecule has 0 unspecified atom stereocenters. The zero-order valence-corrected chi connectivity index (χ0v) is 11.0. The number of halogens is 1. The van der Waals surface area contributed by atoms with Gasteiger partial charge in [0.25, 0.3) is 0 Å². The molecule has 1 aromatic rings. The predicted molar refractivity (Wildman–Crippen MR) is 68.7 cm³/mol. The maximum atomic E-state index is 11.8. The van der Waals surface area contributed by atoms with Crippen molar-refractivity contribution < 1.29 is 9.53 Å². The van der Waals surface area contributed by atoms with Crippen molar-refractivity contribution in [1.82, 2.24) is 0 Å². The number of hydrogen-bond acceptors (Lipinski definition) is 3. The van der Waals surface area contributed by atoms with Crippen LogP contribution in [0.25, 0.3) is 0 Å². The molecule has 0 aliphatic rings. The summed E-state index contributed by atoms with van der Waals surface area (Å²) in [6.45, 7) is 4.00. The Morgan fingerprint density at radius 2 is 1.82 bits per heavy atom. The lowest BCUT2D eigenvalue weighted by Crippen LogP contribution is -2.47. The first-order valence-electron chi connectivity index (χ1n) is 5.72. The molecule has 4 heteroatoms. The van der Waals surface area contributed by atoms with Gasteiger partial charge < -0.3 is 10.5 Å². The Morgan fingerprint density at radius 3 is 2.29 bits per heavy atom. The van der Waals surface area contributed by atoms with E-state index in [9.17, 15) is 4.79 Å². The second-order valence-electron chi connectivity index (χ2n) is 4.07. The maximum absolute atomic E-state index is 11.8. The molecule has 3 nitrogen and oxygen atoms in total. The number of carbonyl (C=O) groups is 1. The Morgan fingerprint density at radius 1 is 1.29 bits per heavy atom. The Hall–Kier alpha value is -1.06. The fourth-order valence-electron chi connectivity index (χ4n) is 1.41. The summed E-state index contributed by atoms with van der Waals surface area (Å²) in [6.07, 6.45) is 1.14. The van der Waals surface area contributed by atoms with Gasteiger partial charge in [0.2, 0.25) is 0 Å². The van der Waals surface area contributed by atoms with E-state index in [4.69, 9.17) is 22.1 Å². The normalized spacial score (nSPS) is 11.3. The minimum atomic E-state index is -0.869. The van der Waals surface area contributed by atoms with Crippen LogP contribution in [0.15, 0.2) is 24.3 Å². The van der Waals surface area contributed by atoms with Gasteiger partial charge in [-0.05, 0) is 30.5 Å². The van der Waals surface area contributed by atoms with Crippen LogP contribution in [0.1, 0.15) is 32.3 Å². The predicted octanol–water partition coefficient (Wildman–Crippen LogP) is 2.90. The number of benzene rings is 1. The molecule has 1 rings (SSSR count). The molecule has 0 heterocycles. The van der Waals surface area contributed by atoms with Crippen molar-refractivity contribution in [2.75, 3.05) is 0 Å². The third-order valence-electron chi connectivity index (χ3n) is 2.95. The van der Waals surface area contributed by atoms with Crippen LogP contribution in [-0.2, 0) is 16.1 Å². The van der Waals surface area contributed by atoms with Gasteiger partial charge in [0, 0.05) is 5.02 Å². The smallest absolute Gasteiger partial charge is 0.326 e. The molecule has 0 saturated carbocycles. The Labute approximate surface area is 107 Å². The molecule has 1 aromatic carbocycles. The molecule has 0 radical (unpaired) electrons. The van der Waals surface area contributed by atoms with Crippen molar-refractivity contribution in [2.24, 2.45) is 5.73 Å². The number of carbonyl (C=O) groups excluding carboxylic acids is 1. The summed E-state index contributed by atoms with van der Waals surface area (Å²) >= 11 is 5.76. The van der Waals surface area contributed by atoms with E-state index in [1.165, 1.54) is 0 Å². The quantitative estimate of drug-likeness (QED) is 0.823. The summed E-state index contributed by atoms with van der Waals surface area (Å²) in [7, 11) is 0. The van der Waals surface area contributed by atoms with Crippen LogP contribution in [0.4, 0.5) is 0 Å². The van der Waals surface area contributed by atoms with Gasteiger partial charge >= 0.3 is 5.97 Å². The highest BCUT2D eigenvalue weighted by Gasteiger charge is 2.31. The molecule has 0 aliphatic heterocycles. The average molecular weight is 256 g/mol. The third-order valence-corrected chi connectivity index (χ3v) is 3.20. The lowest BCUT2D eigenvalue weighted by molar-refractivity contribution is -0.151. The van der Waals surface area contributed by atoms with Gasteiger partial charge in [0.15, 0.2) is 0 Å². The molecule has 17 heavy (non-hydrogen) atoms. The van der Waals surface area contributed by atoms with Crippen molar-refractivity contribution in [3.8, 4) is 0 Å². The van der Waals surface area contributed by atoms with Gasteiger partial charge in [0.05, 0.1) is 0 Å². The maximum Gasteiger partial charge on any atom is 0.326 e. The highest BCUT2D eigenvalue weighted by Crippen LogP contribution is 2.15. The van der Waals surface area contributed by atoms with E-state index in [-0.39, 0.29) is 12.6 Å². The molecule has 94 valence electrons. The van der Waals surface area contributed by atoms with Crippen LogP contribution in [-0.4, -0.2) is 11.5 Å². The van der Waals surface area contributed by atoms with Crippen LogP contribution in [0.2, 0.25) is 5.02 Å². The van der Waals surface area contributed by atoms with Crippen LogP contribution in [0.5, 0.6) is 0 Å². The Bertz CT molecular complexity index is 372. The van der Waals surface area contributed by atoms with E-state index in [0.29, 0.717) is 17.9 Å². The SMILES string of the molecule is CCC(N)(CC)C(=O)OCc1ccc(Cl)cc1. The van der Waals surface area contributed by atoms with Gasteiger partial charge in [-0.1, -0.05) is 37.6 Å². The van der Waals surface area contributed by atoms with Crippen LogP contribution in [0, 0.1) is 0 Å². The first kappa shape index (κ1) is 14.0. The second kappa shape index (κ2) is 6.03. The number of rotatable bonds is 5. The molecular formula is C13H18ClNO2. The lowest BCUT2D eigenvalue weighted by Gasteiger charge is -2.23. The molecule has 0 spiro atoms. The van der Waals surface area contributed by atoms with E-state index >= 15 is 0 Å². The molecule has 0 bridgehead atoms. The summed E-state index contributed by atoms with van der Waals surface area (Å²) < 4.78 is 5.21. The standard InChI is InChI=1S/C13H18ClNO2/c1-3-13(15,4-2)12(16)17-9-10-5-7-11(14)8-6-10/h5-8H,3-4,9,15H2,1-2H3. The fraction of sp³-hybridized carbons (Fsp3) is 0.462. The molecule has 2 N–H and O–H groups in total. The van der Waals surface area contributed by atoms with Gasteiger partial charge in [-0.2, -0.15) is 0 Å². The molecule has 0 saturated heterocycles. The van der Waals surface area contributed by atoms with Gasteiger partial charge in [0.1, 0.15) is 12.1 Å². The summed E-state index contributed by atoms with van der Waals surface area (Å²) in [5, 5.41) is 0.662. The fourth-order valence-corrected chi connectivity index (χ4v) is 1.54. The summed E-state index contributed by atoms with van der Waals surface area (Å²) in [4.78, 5) is 11.8. The van der Waals surface area contributed by atoms with Crippen molar-refractivity contribution >= 4 is 17.6 Å². The first-order chi connectivity index (χ1) is 8.01. The Balaban J connectivity index is 2.56. The molecule has 0 atom stereocenters. The van der Waals surface area contributed by atoms with Gasteiger partial charge in [-0.15, -0.1) is 0 Å². The van der Waals surface area contributed by atoms with E-state index in [0.717, 1.165) is 5.56 Å². The molecular weight excluding hydrogens is 238 g/mol. The van der Waals surface area contributed by atoms with E-state index < -0.39 is 5.54 Å². The first-order valence-corrected chi connectivity index (χ1v) is 6.10. The van der Waals surface area contributed by atoms with Gasteiger partial charge in [-0.25, -0.2) is 0 Å². The minimum Gasteiger partial charge on any atom is -0.459 e. The molecule has 0 fully saturated rings. The highest BCUT2D eigenvalue weighted by atomic mass is 35.5. The molecule has 0 amide bonds. The zero-order valence-electron chi connectivity index (χ0n) is 10.2. The lowest BCUT2D eigenvalue weighted by atomic mass is 9.95. The topological polar surface area (TPSA) is 52.3 Å². The molecule has 0 aromatic heterocycles. The summed E-state index contributed by atoms with van der Waals surface area (Å²) in [5.41, 5.74) is 5.96. The highest BCUT2D eigenvalue weighted by molar-refractivity contribution is 6.30. The monoisotopic (exact) mass is 255 g/mol. The number of ether oxygens (including phenoxy) is 1. The van der Waals surface area contributed by atoms with E-state index in [1.807, 2.05) is 26.0 Å². The summed E-state index contributed by atoms with van der Waals surface area (Å²) in [5.74, 6) is -0.350. The number of esters is 1. The minimum absolute atomic E-state index is 0.231. The van der Waals surface area contributed by atoms with Gasteiger partial charge in [-0.3, -0.25) is 4.79 Å². The van der Waals surface area contributed by atoms with Crippen molar-refractivity contribution in [3.63, 3.8) is 0 Å². The van der Waals surface area contributed by atoms with Crippen LogP contribution < -0.4 is 5.73 Å². The number of nitrogens with two attached hydrogens (primary N) is 1. The summed E-state index contributed by atoms with van der Waals surface area (Å²) in [6, 6.07) is 7.18. The largest absolute Gasteiger partial charge is 0.459 e. The van der Waals surface area contributed by atoms with Crippen LogP contribution in [0.3, 0.4) is 0 Å². The third kappa shape index (κ3) is 3.72. The van der Waals surface area contributed by atoms with Crippen molar-refractivity contribution in [3.05, 3.63) is 34.9 Å². The average Bonchev–Trinajstić information content (AvgIpc) is 2.36. The number of hydrogen-bond donors (Lipinski definition) is 1.